The smallest absolute Gasteiger partial charge is 0.339 e. The summed E-state index contributed by atoms with van der Waals surface area (Å²) < 4.78 is 16.0. The van der Waals surface area contributed by atoms with Crippen molar-refractivity contribution < 1.29 is 23.3 Å². The number of aryl methyl sites for hydroxylation is 1. The van der Waals surface area contributed by atoms with E-state index in [1.165, 1.54) is 31.9 Å². The maximum absolute atomic E-state index is 13.0. The molecule has 2 N–H and O–H groups in total. The lowest BCUT2D eigenvalue weighted by molar-refractivity contribution is -0.123. The number of aromatic amines is 1. The van der Waals surface area contributed by atoms with E-state index in [0.29, 0.717) is 33.7 Å². The molecule has 12 nitrogen and oxygen atoms in total. The molecule has 12 heteroatoms. The van der Waals surface area contributed by atoms with Crippen LogP contribution >= 0.6 is 0 Å². The molecule has 0 aromatic carbocycles. The van der Waals surface area contributed by atoms with Gasteiger partial charge in [0.05, 0.1) is 29.2 Å². The highest BCUT2D eigenvalue weighted by atomic mass is 16.5. The highest BCUT2D eigenvalue weighted by molar-refractivity contribution is 6.06. The van der Waals surface area contributed by atoms with Gasteiger partial charge in [-0.25, -0.2) is 24.7 Å². The number of pyridine rings is 1. The topological polar surface area (TPSA) is 162 Å². The number of hydrogen-bond donors (Lipinski definition) is 2. The van der Waals surface area contributed by atoms with Gasteiger partial charge in [-0.05, 0) is 32.0 Å². The Kier molecular flexibility index (Phi) is 4.58. The van der Waals surface area contributed by atoms with E-state index in [2.05, 4.69) is 35.4 Å². The summed E-state index contributed by atoms with van der Waals surface area (Å²) in [6.45, 7) is 3.13. The molecule has 0 aliphatic heterocycles. The van der Waals surface area contributed by atoms with E-state index in [1.807, 2.05) is 0 Å². The van der Waals surface area contributed by atoms with Gasteiger partial charge in [-0.3, -0.25) is 4.79 Å². The monoisotopic (exact) mass is 433 g/mol. The van der Waals surface area contributed by atoms with Crippen LogP contribution in [0.3, 0.4) is 0 Å². The van der Waals surface area contributed by atoms with Crippen LogP contribution in [0.2, 0.25) is 0 Å². The highest BCUT2D eigenvalue weighted by Gasteiger charge is 2.25. The van der Waals surface area contributed by atoms with E-state index in [9.17, 15) is 9.59 Å². The molecule has 0 saturated heterocycles. The standard InChI is InChI=1S/C20H15N7O5/c1-9-14-11(6-12(13-4-3-5-30-13)25-19(14)32-27-9)20(29)31-10(2)18(28)26-17-15-16(22-7-21-15)23-8-24-17/h3-8,10H,1-2H3,(H2,21,22,23,24,26,28). The van der Waals surface area contributed by atoms with Gasteiger partial charge in [-0.1, -0.05) is 5.16 Å². The third-order valence-corrected chi connectivity index (χ3v) is 4.73. The van der Waals surface area contributed by atoms with Crippen LogP contribution < -0.4 is 5.32 Å². The van der Waals surface area contributed by atoms with Crippen LogP contribution in [0.5, 0.6) is 0 Å². The predicted octanol–water partition coefficient (Wildman–Crippen LogP) is 2.64. The summed E-state index contributed by atoms with van der Waals surface area (Å²) in [4.78, 5) is 44.9. The second-order valence-electron chi connectivity index (χ2n) is 6.84. The van der Waals surface area contributed by atoms with E-state index in [1.54, 1.807) is 19.1 Å². The van der Waals surface area contributed by atoms with Crippen LogP contribution in [0.1, 0.15) is 23.0 Å². The number of hydrogen-bond acceptors (Lipinski definition) is 10. The van der Waals surface area contributed by atoms with Crippen molar-refractivity contribution in [3.05, 3.63) is 48.4 Å². The van der Waals surface area contributed by atoms with Gasteiger partial charge in [-0.15, -0.1) is 0 Å². The number of amides is 1. The molecule has 1 atom stereocenters. The first-order chi connectivity index (χ1) is 15.5. The molecule has 32 heavy (non-hydrogen) atoms. The second-order valence-corrected chi connectivity index (χ2v) is 6.84. The molecule has 1 amide bonds. The number of rotatable bonds is 5. The minimum Gasteiger partial charge on any atom is -0.463 e. The number of aromatic nitrogens is 6. The lowest BCUT2D eigenvalue weighted by Crippen LogP contribution is -2.30. The van der Waals surface area contributed by atoms with Crippen molar-refractivity contribution >= 4 is 40.0 Å². The number of nitrogens with zero attached hydrogens (tertiary/aromatic N) is 5. The van der Waals surface area contributed by atoms with Gasteiger partial charge in [0.2, 0.25) is 0 Å². The Hall–Kier alpha value is -4.61. The molecule has 0 spiro atoms. The van der Waals surface area contributed by atoms with Crippen LogP contribution in [0.25, 0.3) is 33.7 Å². The molecule has 0 fully saturated rings. The number of anilines is 1. The lowest BCUT2D eigenvalue weighted by atomic mass is 10.1. The molecule has 0 radical (unpaired) electrons. The van der Waals surface area contributed by atoms with Crippen molar-refractivity contribution in [3.8, 4) is 11.5 Å². The van der Waals surface area contributed by atoms with Gasteiger partial charge in [0.25, 0.3) is 11.6 Å². The van der Waals surface area contributed by atoms with Crippen molar-refractivity contribution in [3.63, 3.8) is 0 Å². The summed E-state index contributed by atoms with van der Waals surface area (Å²) in [6, 6.07) is 4.90. The van der Waals surface area contributed by atoms with Crippen LogP contribution in [0, 0.1) is 6.92 Å². The van der Waals surface area contributed by atoms with E-state index in [-0.39, 0.29) is 17.1 Å². The number of esters is 1. The molecule has 5 aromatic rings. The summed E-state index contributed by atoms with van der Waals surface area (Å²) in [7, 11) is 0. The molecule has 160 valence electrons. The fourth-order valence-electron chi connectivity index (χ4n) is 3.16. The Bertz CT molecular complexity index is 1450. The summed E-state index contributed by atoms with van der Waals surface area (Å²) in [5.74, 6) is -0.658. The lowest BCUT2D eigenvalue weighted by Gasteiger charge is -2.14. The van der Waals surface area contributed by atoms with E-state index in [0.717, 1.165) is 0 Å². The molecule has 5 rings (SSSR count). The average Bonchev–Trinajstić information content (AvgIpc) is 3.54. The number of imidazole rings is 1. The maximum atomic E-state index is 13.0. The molecule has 5 aromatic heterocycles. The third-order valence-electron chi connectivity index (χ3n) is 4.73. The van der Waals surface area contributed by atoms with Gasteiger partial charge in [0.15, 0.2) is 23.3 Å². The van der Waals surface area contributed by atoms with Gasteiger partial charge >= 0.3 is 5.97 Å². The van der Waals surface area contributed by atoms with Crippen LogP contribution in [-0.2, 0) is 9.53 Å². The van der Waals surface area contributed by atoms with Crippen LogP contribution in [-0.4, -0.2) is 48.1 Å². The maximum Gasteiger partial charge on any atom is 0.339 e. The molecule has 0 saturated carbocycles. The molecule has 0 aliphatic rings. The largest absolute Gasteiger partial charge is 0.463 e. The number of nitrogens with one attached hydrogen (secondary N) is 2. The number of H-pyrrole nitrogens is 1. The summed E-state index contributed by atoms with van der Waals surface area (Å²) >= 11 is 0. The van der Waals surface area contributed by atoms with Gasteiger partial charge in [-0.2, -0.15) is 0 Å². The van der Waals surface area contributed by atoms with Crippen molar-refractivity contribution in [1.82, 2.24) is 30.1 Å². The zero-order valence-electron chi connectivity index (χ0n) is 16.8. The number of ether oxygens (including phenoxy) is 1. The highest BCUT2D eigenvalue weighted by Crippen LogP contribution is 2.28. The number of carbonyl (C=O) groups excluding carboxylic acids is 2. The summed E-state index contributed by atoms with van der Waals surface area (Å²) in [5.41, 5.74) is 1.99. The van der Waals surface area contributed by atoms with E-state index < -0.39 is 18.0 Å². The second kappa shape index (κ2) is 7.58. The Labute approximate surface area is 179 Å². The fourth-order valence-corrected chi connectivity index (χ4v) is 3.16. The summed E-state index contributed by atoms with van der Waals surface area (Å²) in [5, 5.41) is 6.88. The normalized spacial score (nSPS) is 12.2. The molecular formula is C20H15N7O5. The Morgan fingerprint density at radius 2 is 2.12 bits per heavy atom. The minimum absolute atomic E-state index is 0.151. The van der Waals surface area contributed by atoms with E-state index in [4.69, 9.17) is 13.7 Å². The molecule has 5 heterocycles. The molecule has 1 unspecified atom stereocenters. The average molecular weight is 433 g/mol. The quantitative estimate of drug-likeness (QED) is 0.394. The van der Waals surface area contributed by atoms with Gasteiger partial charge < -0.3 is 24.0 Å². The fraction of sp³-hybridized carbons (Fsp3) is 0.150. The van der Waals surface area contributed by atoms with Crippen molar-refractivity contribution in [2.45, 2.75) is 20.0 Å². The molecular weight excluding hydrogens is 418 g/mol. The Balaban J connectivity index is 1.41. The van der Waals surface area contributed by atoms with Crippen molar-refractivity contribution in [2.75, 3.05) is 5.32 Å². The SMILES string of the molecule is Cc1noc2nc(-c3ccco3)cc(C(=O)OC(C)C(=O)Nc3ncnc4nc[nH]c34)c12. The van der Waals surface area contributed by atoms with Crippen LogP contribution in [0.4, 0.5) is 5.82 Å². The first kappa shape index (κ1) is 19.4. The number of furan rings is 1. The Morgan fingerprint density at radius 3 is 2.94 bits per heavy atom. The molecule has 0 aliphatic carbocycles. The Morgan fingerprint density at radius 1 is 1.25 bits per heavy atom. The predicted molar refractivity (Wildman–Crippen MR) is 109 cm³/mol. The zero-order valence-corrected chi connectivity index (χ0v) is 16.8. The van der Waals surface area contributed by atoms with Gasteiger partial charge in [0, 0.05) is 0 Å². The van der Waals surface area contributed by atoms with Crippen LogP contribution in [0.15, 0.2) is 46.1 Å². The van der Waals surface area contributed by atoms with Crippen molar-refractivity contribution in [2.24, 2.45) is 0 Å². The zero-order chi connectivity index (χ0) is 22.2. The van der Waals surface area contributed by atoms with Gasteiger partial charge in [0.1, 0.15) is 17.5 Å². The van der Waals surface area contributed by atoms with Crippen molar-refractivity contribution in [1.29, 1.82) is 0 Å². The first-order valence-corrected chi connectivity index (χ1v) is 9.48. The van der Waals surface area contributed by atoms with E-state index >= 15 is 0 Å². The number of fused-ring (bicyclic) bond motifs is 2. The molecule has 0 bridgehead atoms. The minimum atomic E-state index is -1.13. The number of carbonyl (C=O) groups is 2. The third kappa shape index (κ3) is 3.33. The first-order valence-electron chi connectivity index (χ1n) is 9.48. The summed E-state index contributed by atoms with van der Waals surface area (Å²) in [6.07, 6.45) is 3.06.